The van der Waals surface area contributed by atoms with Gasteiger partial charge in [-0.2, -0.15) is 0 Å². The van der Waals surface area contributed by atoms with Crippen molar-refractivity contribution in [2.24, 2.45) is 5.73 Å². The van der Waals surface area contributed by atoms with E-state index >= 15 is 0 Å². The van der Waals surface area contributed by atoms with Crippen LogP contribution >= 0.6 is 12.4 Å². The second-order valence-corrected chi connectivity index (χ2v) is 6.50. The average molecular weight is 307 g/mol. The first-order chi connectivity index (χ1) is 8.20. The van der Waals surface area contributed by atoms with Crippen molar-refractivity contribution in [1.29, 1.82) is 0 Å². The molecule has 0 aliphatic rings. The molecule has 0 fully saturated rings. The molecule has 1 atom stereocenters. The van der Waals surface area contributed by atoms with Crippen LogP contribution in [0.3, 0.4) is 0 Å². The first-order valence-electron chi connectivity index (χ1n) is 6.00. The van der Waals surface area contributed by atoms with E-state index in [0.717, 1.165) is 22.3 Å². The summed E-state index contributed by atoms with van der Waals surface area (Å²) in [4.78, 5) is 0.389. The van der Waals surface area contributed by atoms with Crippen molar-refractivity contribution in [2.45, 2.75) is 45.6 Å². The van der Waals surface area contributed by atoms with E-state index < -0.39 is 10.0 Å². The quantitative estimate of drug-likeness (QED) is 0.893. The molecule has 4 nitrogen and oxygen atoms in total. The van der Waals surface area contributed by atoms with Gasteiger partial charge in [-0.05, 0) is 56.9 Å². The zero-order valence-electron chi connectivity index (χ0n) is 12.1. The molecule has 0 aliphatic carbocycles. The molecule has 0 saturated carbocycles. The highest BCUT2D eigenvalue weighted by Gasteiger charge is 2.23. The lowest BCUT2D eigenvalue weighted by Gasteiger charge is -2.18. The molecule has 0 aliphatic heterocycles. The van der Waals surface area contributed by atoms with Crippen LogP contribution in [-0.4, -0.2) is 21.0 Å². The van der Waals surface area contributed by atoms with E-state index in [0.29, 0.717) is 4.90 Å². The van der Waals surface area contributed by atoms with Gasteiger partial charge in [0.2, 0.25) is 10.0 Å². The van der Waals surface area contributed by atoms with Crippen molar-refractivity contribution in [3.8, 4) is 0 Å². The number of rotatable bonds is 4. The summed E-state index contributed by atoms with van der Waals surface area (Å²) in [6.07, 6.45) is 0. The molecule has 1 aromatic carbocycles. The molecule has 1 rings (SSSR count). The van der Waals surface area contributed by atoms with Crippen molar-refractivity contribution in [3.05, 3.63) is 28.3 Å². The Balaban J connectivity index is 0.00000324. The predicted molar refractivity (Wildman–Crippen MR) is 81.5 cm³/mol. The van der Waals surface area contributed by atoms with Gasteiger partial charge in [-0.3, -0.25) is 0 Å². The van der Waals surface area contributed by atoms with Crippen LogP contribution in [0, 0.1) is 27.7 Å². The fourth-order valence-corrected chi connectivity index (χ4v) is 3.83. The lowest BCUT2D eigenvalue weighted by atomic mass is 10.0. The number of nitrogens with one attached hydrogen (secondary N) is 1. The van der Waals surface area contributed by atoms with E-state index in [1.165, 1.54) is 0 Å². The summed E-state index contributed by atoms with van der Waals surface area (Å²) < 4.78 is 27.4. The molecule has 0 saturated heterocycles. The standard InChI is InChI=1S/C13H22N2O2S.ClH/c1-8-6-9(2)12(5)13(11(8)4)18(16,17)15-10(3)7-14;/h6,10,15H,7,14H2,1-5H3;1H/t10-;/m1./s1. The van der Waals surface area contributed by atoms with Gasteiger partial charge in [0, 0.05) is 12.6 Å². The third-order valence-electron chi connectivity index (χ3n) is 3.28. The lowest BCUT2D eigenvalue weighted by Crippen LogP contribution is -2.38. The van der Waals surface area contributed by atoms with Crippen LogP contribution in [0.15, 0.2) is 11.0 Å². The molecule has 0 amide bonds. The summed E-state index contributed by atoms with van der Waals surface area (Å²) in [5, 5.41) is 0. The van der Waals surface area contributed by atoms with Gasteiger partial charge in [0.1, 0.15) is 0 Å². The molecule has 110 valence electrons. The Bertz CT molecular complexity index is 530. The molecule has 0 bridgehead atoms. The van der Waals surface area contributed by atoms with Gasteiger partial charge < -0.3 is 5.73 Å². The van der Waals surface area contributed by atoms with Gasteiger partial charge in [-0.1, -0.05) is 6.07 Å². The van der Waals surface area contributed by atoms with E-state index in [9.17, 15) is 8.42 Å². The number of hydrogen-bond acceptors (Lipinski definition) is 3. The SMILES string of the molecule is Cc1cc(C)c(C)c(S(=O)(=O)N[C@H](C)CN)c1C.Cl. The Morgan fingerprint density at radius 3 is 1.95 bits per heavy atom. The van der Waals surface area contributed by atoms with Crippen LogP contribution in [0.1, 0.15) is 29.2 Å². The second-order valence-electron chi connectivity index (χ2n) is 4.85. The third-order valence-corrected chi connectivity index (χ3v) is 5.14. The van der Waals surface area contributed by atoms with E-state index in [1.807, 2.05) is 33.8 Å². The van der Waals surface area contributed by atoms with E-state index in [2.05, 4.69) is 4.72 Å². The predicted octanol–water partition coefficient (Wildman–Crippen LogP) is 1.97. The molecule has 0 aromatic heterocycles. The van der Waals surface area contributed by atoms with Gasteiger partial charge in [-0.15, -0.1) is 12.4 Å². The Morgan fingerprint density at radius 2 is 1.58 bits per heavy atom. The first kappa shape index (κ1) is 18.4. The van der Waals surface area contributed by atoms with Gasteiger partial charge in [-0.25, -0.2) is 13.1 Å². The zero-order valence-corrected chi connectivity index (χ0v) is 13.7. The topological polar surface area (TPSA) is 72.2 Å². The van der Waals surface area contributed by atoms with E-state index in [4.69, 9.17) is 5.73 Å². The summed E-state index contributed by atoms with van der Waals surface area (Å²) >= 11 is 0. The smallest absolute Gasteiger partial charge is 0.241 e. The van der Waals surface area contributed by atoms with Crippen molar-refractivity contribution < 1.29 is 8.42 Å². The number of hydrogen-bond donors (Lipinski definition) is 2. The monoisotopic (exact) mass is 306 g/mol. The first-order valence-corrected chi connectivity index (χ1v) is 7.48. The van der Waals surface area contributed by atoms with Crippen LogP contribution in [-0.2, 0) is 10.0 Å². The fourth-order valence-electron chi connectivity index (χ4n) is 1.96. The van der Waals surface area contributed by atoms with Gasteiger partial charge in [0.15, 0.2) is 0 Å². The van der Waals surface area contributed by atoms with Crippen LogP contribution < -0.4 is 10.5 Å². The highest BCUT2D eigenvalue weighted by molar-refractivity contribution is 7.89. The zero-order chi connectivity index (χ0) is 14.1. The summed E-state index contributed by atoms with van der Waals surface area (Å²) in [5.41, 5.74) is 9.04. The highest BCUT2D eigenvalue weighted by atomic mass is 35.5. The van der Waals surface area contributed by atoms with Gasteiger partial charge in [0.05, 0.1) is 4.90 Å². The number of benzene rings is 1. The summed E-state index contributed by atoms with van der Waals surface area (Å²) in [6, 6.07) is 1.74. The summed E-state index contributed by atoms with van der Waals surface area (Å²) in [5.74, 6) is 0. The molecule has 0 spiro atoms. The van der Waals surface area contributed by atoms with Gasteiger partial charge >= 0.3 is 0 Å². The average Bonchev–Trinajstić information content (AvgIpc) is 2.25. The van der Waals surface area contributed by atoms with Crippen molar-refractivity contribution >= 4 is 22.4 Å². The van der Waals surface area contributed by atoms with Crippen molar-refractivity contribution in [2.75, 3.05) is 6.54 Å². The molecular formula is C13H23ClN2O2S. The number of sulfonamides is 1. The van der Waals surface area contributed by atoms with Crippen LogP contribution in [0.2, 0.25) is 0 Å². The Kier molecular flexibility index (Phi) is 6.48. The summed E-state index contributed by atoms with van der Waals surface area (Å²) in [6.45, 7) is 9.56. The maximum absolute atomic E-state index is 12.4. The van der Waals surface area contributed by atoms with E-state index in [1.54, 1.807) is 6.92 Å². The minimum absolute atomic E-state index is 0. The normalized spacial score (nSPS) is 12.9. The van der Waals surface area contributed by atoms with Crippen LogP contribution in [0.4, 0.5) is 0 Å². The van der Waals surface area contributed by atoms with Crippen LogP contribution in [0.5, 0.6) is 0 Å². The molecule has 3 N–H and O–H groups in total. The third kappa shape index (κ3) is 3.92. The maximum Gasteiger partial charge on any atom is 0.241 e. The van der Waals surface area contributed by atoms with Crippen LogP contribution in [0.25, 0.3) is 0 Å². The fraction of sp³-hybridized carbons (Fsp3) is 0.538. The molecular weight excluding hydrogens is 284 g/mol. The lowest BCUT2D eigenvalue weighted by molar-refractivity contribution is 0.561. The minimum Gasteiger partial charge on any atom is -0.329 e. The molecule has 19 heavy (non-hydrogen) atoms. The van der Waals surface area contributed by atoms with Crippen molar-refractivity contribution in [3.63, 3.8) is 0 Å². The second kappa shape index (κ2) is 6.70. The van der Waals surface area contributed by atoms with Gasteiger partial charge in [0.25, 0.3) is 0 Å². The molecule has 1 aromatic rings. The molecule has 0 radical (unpaired) electrons. The molecule has 0 heterocycles. The Morgan fingerprint density at radius 1 is 1.16 bits per heavy atom. The molecule has 0 unspecified atom stereocenters. The number of nitrogens with two attached hydrogens (primary N) is 1. The minimum atomic E-state index is -3.51. The Labute approximate surface area is 122 Å². The summed E-state index contributed by atoms with van der Waals surface area (Å²) in [7, 11) is -3.51. The number of aryl methyl sites for hydroxylation is 2. The van der Waals surface area contributed by atoms with E-state index in [-0.39, 0.29) is 25.0 Å². The Hall–Kier alpha value is -0.620. The maximum atomic E-state index is 12.4. The molecule has 6 heteroatoms. The highest BCUT2D eigenvalue weighted by Crippen LogP contribution is 2.25. The largest absolute Gasteiger partial charge is 0.329 e. The number of halogens is 1. The van der Waals surface area contributed by atoms with Crippen molar-refractivity contribution in [1.82, 2.24) is 4.72 Å².